The maximum atomic E-state index is 11.4. The Balaban J connectivity index is 2.02. The molecule has 0 saturated heterocycles. The number of carbonyl (C=O) groups excluding carboxylic acids is 1. The molecule has 4 heteroatoms. The van der Waals surface area contributed by atoms with Gasteiger partial charge in [-0.1, -0.05) is 12.8 Å². The SMILES string of the molecule is COC(=O)c1cc(O)cc(OCC2CCCC2)c1. The molecule has 1 N–H and O–H groups in total. The number of aromatic hydroxyl groups is 1. The van der Waals surface area contributed by atoms with E-state index in [0.29, 0.717) is 23.8 Å². The molecule has 0 atom stereocenters. The third-order valence-electron chi connectivity index (χ3n) is 3.27. The number of methoxy groups -OCH3 is 1. The second kappa shape index (κ2) is 5.76. The fourth-order valence-corrected chi connectivity index (χ4v) is 2.29. The van der Waals surface area contributed by atoms with Gasteiger partial charge >= 0.3 is 5.97 Å². The zero-order valence-corrected chi connectivity index (χ0v) is 10.5. The highest BCUT2D eigenvalue weighted by Gasteiger charge is 2.16. The Labute approximate surface area is 107 Å². The second-order valence-corrected chi connectivity index (χ2v) is 4.67. The number of esters is 1. The van der Waals surface area contributed by atoms with Gasteiger partial charge in [0, 0.05) is 6.07 Å². The summed E-state index contributed by atoms with van der Waals surface area (Å²) in [5, 5.41) is 9.54. The largest absolute Gasteiger partial charge is 0.508 e. The van der Waals surface area contributed by atoms with Crippen LogP contribution >= 0.6 is 0 Å². The van der Waals surface area contributed by atoms with Crippen LogP contribution in [0.15, 0.2) is 18.2 Å². The second-order valence-electron chi connectivity index (χ2n) is 4.67. The standard InChI is InChI=1S/C14H18O4/c1-17-14(16)11-6-12(15)8-13(7-11)18-9-10-4-2-3-5-10/h6-8,10,15H,2-5,9H2,1H3. The van der Waals surface area contributed by atoms with Gasteiger partial charge < -0.3 is 14.6 Å². The van der Waals surface area contributed by atoms with Gasteiger partial charge in [0.15, 0.2) is 0 Å². The highest BCUT2D eigenvalue weighted by molar-refractivity contribution is 5.90. The summed E-state index contributed by atoms with van der Waals surface area (Å²) in [5.41, 5.74) is 0.305. The predicted molar refractivity (Wildman–Crippen MR) is 66.9 cm³/mol. The summed E-state index contributed by atoms with van der Waals surface area (Å²) in [7, 11) is 1.31. The van der Waals surface area contributed by atoms with Crippen LogP contribution in [0, 0.1) is 5.92 Å². The topological polar surface area (TPSA) is 55.8 Å². The summed E-state index contributed by atoms with van der Waals surface area (Å²) in [4.78, 5) is 11.4. The molecule has 1 aliphatic rings. The molecule has 2 rings (SSSR count). The van der Waals surface area contributed by atoms with Crippen molar-refractivity contribution < 1.29 is 19.4 Å². The molecular weight excluding hydrogens is 232 g/mol. The fourth-order valence-electron chi connectivity index (χ4n) is 2.29. The molecule has 0 amide bonds. The maximum absolute atomic E-state index is 11.4. The molecule has 1 saturated carbocycles. The van der Waals surface area contributed by atoms with Crippen LogP contribution in [0.3, 0.4) is 0 Å². The van der Waals surface area contributed by atoms with E-state index in [1.807, 2.05) is 0 Å². The van der Waals surface area contributed by atoms with Crippen LogP contribution in [-0.4, -0.2) is 24.8 Å². The van der Waals surface area contributed by atoms with Crippen molar-refractivity contribution >= 4 is 5.97 Å². The van der Waals surface area contributed by atoms with E-state index in [1.54, 1.807) is 6.07 Å². The van der Waals surface area contributed by atoms with Crippen LogP contribution in [0.25, 0.3) is 0 Å². The lowest BCUT2D eigenvalue weighted by Gasteiger charge is -2.12. The van der Waals surface area contributed by atoms with Gasteiger partial charge in [-0.25, -0.2) is 4.79 Å². The Hall–Kier alpha value is -1.71. The molecular formula is C14H18O4. The van der Waals surface area contributed by atoms with E-state index in [4.69, 9.17) is 4.74 Å². The first-order chi connectivity index (χ1) is 8.69. The van der Waals surface area contributed by atoms with Crippen molar-refractivity contribution in [1.82, 2.24) is 0 Å². The van der Waals surface area contributed by atoms with Gasteiger partial charge in [-0.2, -0.15) is 0 Å². The minimum Gasteiger partial charge on any atom is -0.508 e. The average molecular weight is 250 g/mol. The lowest BCUT2D eigenvalue weighted by atomic mass is 10.1. The van der Waals surface area contributed by atoms with Crippen molar-refractivity contribution in [1.29, 1.82) is 0 Å². The van der Waals surface area contributed by atoms with Gasteiger partial charge in [0.2, 0.25) is 0 Å². The smallest absolute Gasteiger partial charge is 0.338 e. The molecule has 1 aromatic carbocycles. The van der Waals surface area contributed by atoms with E-state index >= 15 is 0 Å². The Morgan fingerprint density at radius 2 is 2.06 bits per heavy atom. The first-order valence-electron chi connectivity index (χ1n) is 6.24. The quantitative estimate of drug-likeness (QED) is 0.835. The van der Waals surface area contributed by atoms with Gasteiger partial charge in [-0.15, -0.1) is 0 Å². The molecule has 0 aliphatic heterocycles. The van der Waals surface area contributed by atoms with Crippen molar-refractivity contribution in [2.45, 2.75) is 25.7 Å². The summed E-state index contributed by atoms with van der Waals surface area (Å²) >= 11 is 0. The number of hydrogen-bond donors (Lipinski definition) is 1. The average Bonchev–Trinajstić information content (AvgIpc) is 2.88. The van der Waals surface area contributed by atoms with Gasteiger partial charge in [-0.3, -0.25) is 0 Å². The molecule has 4 nitrogen and oxygen atoms in total. The minimum absolute atomic E-state index is 0.0133. The predicted octanol–water partition coefficient (Wildman–Crippen LogP) is 2.75. The molecule has 0 aromatic heterocycles. The summed E-state index contributed by atoms with van der Waals surface area (Å²) in [6.07, 6.45) is 4.92. The minimum atomic E-state index is -0.475. The Morgan fingerprint density at radius 3 is 2.72 bits per heavy atom. The van der Waals surface area contributed by atoms with E-state index in [0.717, 1.165) is 0 Å². The van der Waals surface area contributed by atoms with E-state index in [2.05, 4.69) is 4.74 Å². The van der Waals surface area contributed by atoms with Crippen LogP contribution in [0.4, 0.5) is 0 Å². The van der Waals surface area contributed by atoms with Crippen LogP contribution in [0.2, 0.25) is 0 Å². The Kier molecular flexibility index (Phi) is 4.07. The maximum Gasteiger partial charge on any atom is 0.338 e. The number of hydrogen-bond acceptors (Lipinski definition) is 4. The Bertz CT molecular complexity index is 422. The van der Waals surface area contributed by atoms with Crippen LogP contribution in [-0.2, 0) is 4.74 Å². The van der Waals surface area contributed by atoms with Crippen molar-refractivity contribution in [3.8, 4) is 11.5 Å². The van der Waals surface area contributed by atoms with Crippen LogP contribution in [0.1, 0.15) is 36.0 Å². The van der Waals surface area contributed by atoms with Crippen LogP contribution < -0.4 is 4.74 Å². The molecule has 0 spiro atoms. The highest BCUT2D eigenvalue weighted by Crippen LogP contribution is 2.27. The first-order valence-corrected chi connectivity index (χ1v) is 6.24. The molecule has 18 heavy (non-hydrogen) atoms. The summed E-state index contributed by atoms with van der Waals surface area (Å²) in [6, 6.07) is 4.48. The first kappa shape index (κ1) is 12.7. The van der Waals surface area contributed by atoms with E-state index in [-0.39, 0.29) is 5.75 Å². The van der Waals surface area contributed by atoms with Gasteiger partial charge in [0.1, 0.15) is 11.5 Å². The zero-order valence-electron chi connectivity index (χ0n) is 10.5. The lowest BCUT2D eigenvalue weighted by Crippen LogP contribution is -2.09. The number of phenols is 1. The van der Waals surface area contributed by atoms with E-state index < -0.39 is 5.97 Å². The number of benzene rings is 1. The van der Waals surface area contributed by atoms with E-state index in [1.165, 1.54) is 44.9 Å². The summed E-state index contributed by atoms with van der Waals surface area (Å²) < 4.78 is 10.3. The number of phenolic OH excluding ortho intramolecular Hbond substituents is 1. The molecule has 0 bridgehead atoms. The summed E-state index contributed by atoms with van der Waals surface area (Å²) in [6.45, 7) is 0.643. The molecule has 1 fully saturated rings. The Morgan fingerprint density at radius 1 is 1.33 bits per heavy atom. The lowest BCUT2D eigenvalue weighted by molar-refractivity contribution is 0.0599. The number of rotatable bonds is 4. The van der Waals surface area contributed by atoms with Crippen molar-refractivity contribution in [3.63, 3.8) is 0 Å². The van der Waals surface area contributed by atoms with Crippen molar-refractivity contribution in [2.24, 2.45) is 5.92 Å². The van der Waals surface area contributed by atoms with Gasteiger partial charge in [0.05, 0.1) is 19.3 Å². The highest BCUT2D eigenvalue weighted by atomic mass is 16.5. The van der Waals surface area contributed by atoms with E-state index in [9.17, 15) is 9.90 Å². The zero-order chi connectivity index (χ0) is 13.0. The summed E-state index contributed by atoms with van der Waals surface area (Å²) in [5.74, 6) is 0.646. The van der Waals surface area contributed by atoms with Crippen LogP contribution in [0.5, 0.6) is 11.5 Å². The molecule has 1 aromatic rings. The molecule has 98 valence electrons. The van der Waals surface area contributed by atoms with Crippen molar-refractivity contribution in [2.75, 3.05) is 13.7 Å². The monoisotopic (exact) mass is 250 g/mol. The van der Waals surface area contributed by atoms with Gasteiger partial charge in [0.25, 0.3) is 0 Å². The number of carbonyl (C=O) groups is 1. The fraction of sp³-hybridized carbons (Fsp3) is 0.500. The third-order valence-corrected chi connectivity index (χ3v) is 3.27. The molecule has 0 heterocycles. The third kappa shape index (κ3) is 3.15. The normalized spacial score (nSPS) is 15.6. The van der Waals surface area contributed by atoms with Crippen molar-refractivity contribution in [3.05, 3.63) is 23.8 Å². The molecule has 0 radical (unpaired) electrons. The molecule has 1 aliphatic carbocycles. The van der Waals surface area contributed by atoms with Gasteiger partial charge in [-0.05, 0) is 30.9 Å². The number of ether oxygens (including phenoxy) is 2. The molecule has 0 unspecified atom stereocenters.